The molecule has 0 aliphatic rings. The third kappa shape index (κ3) is 9.30. The summed E-state index contributed by atoms with van der Waals surface area (Å²) in [6, 6.07) is 0. The van der Waals surface area contributed by atoms with Gasteiger partial charge < -0.3 is 15.2 Å². The van der Waals surface area contributed by atoms with Gasteiger partial charge in [-0.2, -0.15) is 13.2 Å². The Morgan fingerprint density at radius 1 is 1.13 bits per heavy atom. The Labute approximate surface area is 134 Å². The van der Waals surface area contributed by atoms with E-state index in [1.165, 1.54) is 0 Å². The Bertz CT molecular complexity index is 416. The molecular weight excluding hydrogens is 315 g/mol. The summed E-state index contributed by atoms with van der Waals surface area (Å²) in [6.07, 6.45) is -7.10. The van der Waals surface area contributed by atoms with E-state index in [1.54, 1.807) is 34.6 Å². The number of carbonyl (C=O) groups excluding carboxylic acids is 1. The average Bonchev–Trinajstić information content (AvgIpc) is 2.28. The smallest absolute Gasteiger partial charge is 0.407 e. The van der Waals surface area contributed by atoms with E-state index in [9.17, 15) is 27.9 Å². The molecule has 0 bridgehead atoms. The number of hydrogen-bond acceptors (Lipinski definition) is 3. The quantitative estimate of drug-likeness (QED) is 0.735. The maximum atomic E-state index is 12.5. The Morgan fingerprint density at radius 3 is 2.00 bits per heavy atom. The number of carboxylic acid groups (broad SMARTS) is 1. The van der Waals surface area contributed by atoms with Gasteiger partial charge in [-0.25, -0.2) is 4.79 Å². The normalized spacial score (nSPS) is 15.2. The molecule has 1 unspecified atom stereocenters. The predicted molar refractivity (Wildman–Crippen MR) is 79.0 cm³/mol. The minimum absolute atomic E-state index is 0.0220. The van der Waals surface area contributed by atoms with Crippen LogP contribution in [0.15, 0.2) is 0 Å². The molecule has 0 fully saturated rings. The number of carbonyl (C=O) groups is 2. The number of hydrogen-bond donors (Lipinski definition) is 2. The van der Waals surface area contributed by atoms with Gasteiger partial charge in [0.2, 0.25) is 0 Å². The SMILES string of the molecule is CC(C)CC(CCC(F)(F)F)(CNC(=O)OC(C)(C)C)C(=O)O. The van der Waals surface area contributed by atoms with Gasteiger partial charge in [-0.05, 0) is 39.5 Å². The first kappa shape index (κ1) is 21.5. The Kier molecular flexibility index (Phi) is 7.37. The van der Waals surface area contributed by atoms with E-state index in [2.05, 4.69) is 5.32 Å². The molecule has 0 aromatic rings. The van der Waals surface area contributed by atoms with Gasteiger partial charge in [0.05, 0.1) is 5.41 Å². The maximum absolute atomic E-state index is 12.5. The minimum atomic E-state index is -4.45. The molecule has 0 heterocycles. The topological polar surface area (TPSA) is 75.6 Å². The van der Waals surface area contributed by atoms with Crippen LogP contribution < -0.4 is 5.32 Å². The lowest BCUT2D eigenvalue weighted by Gasteiger charge is -2.32. The van der Waals surface area contributed by atoms with Gasteiger partial charge >= 0.3 is 18.2 Å². The first-order chi connectivity index (χ1) is 10.2. The van der Waals surface area contributed by atoms with E-state index in [4.69, 9.17) is 4.74 Å². The standard InChI is InChI=1S/C15H26F3NO4/c1-10(2)8-14(11(20)21,6-7-15(16,17)18)9-19-12(22)23-13(3,4)5/h10H,6-9H2,1-5H3,(H,19,22)(H,20,21). The van der Waals surface area contributed by atoms with Crippen LogP contribution in [0.5, 0.6) is 0 Å². The summed E-state index contributed by atoms with van der Waals surface area (Å²) in [5.41, 5.74) is -2.46. The van der Waals surface area contributed by atoms with Crippen molar-refractivity contribution in [2.24, 2.45) is 11.3 Å². The number of carboxylic acids is 1. The van der Waals surface area contributed by atoms with E-state index in [0.29, 0.717) is 0 Å². The van der Waals surface area contributed by atoms with Crippen LogP contribution in [-0.2, 0) is 9.53 Å². The molecule has 2 N–H and O–H groups in total. The van der Waals surface area contributed by atoms with Gasteiger partial charge in [0.15, 0.2) is 0 Å². The molecule has 136 valence electrons. The largest absolute Gasteiger partial charge is 0.481 e. The third-order valence-electron chi connectivity index (χ3n) is 3.11. The van der Waals surface area contributed by atoms with Crippen molar-refractivity contribution in [2.45, 2.75) is 65.7 Å². The van der Waals surface area contributed by atoms with Crippen molar-refractivity contribution in [1.82, 2.24) is 5.32 Å². The second-order valence-corrected chi connectivity index (χ2v) is 7.15. The molecule has 8 heteroatoms. The van der Waals surface area contributed by atoms with Crippen molar-refractivity contribution in [3.63, 3.8) is 0 Å². The minimum Gasteiger partial charge on any atom is -0.481 e. The lowest BCUT2D eigenvalue weighted by Crippen LogP contribution is -2.46. The fourth-order valence-corrected chi connectivity index (χ4v) is 2.25. The molecule has 23 heavy (non-hydrogen) atoms. The van der Waals surface area contributed by atoms with Crippen molar-refractivity contribution in [3.8, 4) is 0 Å². The predicted octanol–water partition coefficient (Wildman–Crippen LogP) is 3.97. The monoisotopic (exact) mass is 341 g/mol. The average molecular weight is 341 g/mol. The van der Waals surface area contributed by atoms with Crippen LogP contribution in [0.25, 0.3) is 0 Å². The summed E-state index contributed by atoms with van der Waals surface area (Å²) >= 11 is 0. The summed E-state index contributed by atoms with van der Waals surface area (Å²) in [5.74, 6) is -1.49. The highest BCUT2D eigenvalue weighted by molar-refractivity contribution is 5.76. The zero-order valence-electron chi connectivity index (χ0n) is 14.2. The van der Waals surface area contributed by atoms with Crippen LogP contribution in [-0.4, -0.2) is 35.5 Å². The van der Waals surface area contributed by atoms with Gasteiger partial charge in [-0.3, -0.25) is 4.79 Å². The number of alkyl halides is 3. The van der Waals surface area contributed by atoms with E-state index in [0.717, 1.165) is 0 Å². The third-order valence-corrected chi connectivity index (χ3v) is 3.11. The molecule has 0 saturated heterocycles. The van der Waals surface area contributed by atoms with Crippen LogP contribution in [0.4, 0.5) is 18.0 Å². The second-order valence-electron chi connectivity index (χ2n) is 7.15. The van der Waals surface area contributed by atoms with E-state index >= 15 is 0 Å². The number of rotatable bonds is 7. The van der Waals surface area contributed by atoms with Crippen molar-refractivity contribution >= 4 is 12.1 Å². The zero-order valence-corrected chi connectivity index (χ0v) is 14.2. The Balaban J connectivity index is 5.09. The van der Waals surface area contributed by atoms with Crippen LogP contribution in [0.2, 0.25) is 0 Å². The van der Waals surface area contributed by atoms with Gasteiger partial charge in [-0.15, -0.1) is 0 Å². The molecule has 0 aromatic heterocycles. The van der Waals surface area contributed by atoms with Crippen LogP contribution in [0.1, 0.15) is 53.9 Å². The summed E-state index contributed by atoms with van der Waals surface area (Å²) in [7, 11) is 0. The number of amides is 1. The van der Waals surface area contributed by atoms with E-state index in [-0.39, 0.29) is 12.3 Å². The highest BCUT2D eigenvalue weighted by atomic mass is 19.4. The number of alkyl carbamates (subject to hydrolysis) is 1. The molecule has 1 atom stereocenters. The number of aliphatic carboxylic acids is 1. The number of halogens is 3. The van der Waals surface area contributed by atoms with Crippen LogP contribution in [0.3, 0.4) is 0 Å². The lowest BCUT2D eigenvalue weighted by atomic mass is 9.76. The lowest BCUT2D eigenvalue weighted by molar-refractivity contribution is -0.159. The molecule has 0 aliphatic heterocycles. The molecule has 1 amide bonds. The summed E-state index contributed by atoms with van der Waals surface area (Å²) in [4.78, 5) is 23.3. The molecule has 0 aromatic carbocycles. The summed E-state index contributed by atoms with van der Waals surface area (Å²) in [5, 5.41) is 11.7. The number of nitrogens with one attached hydrogen (secondary N) is 1. The first-order valence-corrected chi connectivity index (χ1v) is 7.44. The van der Waals surface area contributed by atoms with Crippen LogP contribution >= 0.6 is 0 Å². The highest BCUT2D eigenvalue weighted by Gasteiger charge is 2.43. The number of ether oxygens (including phenoxy) is 1. The molecule has 0 saturated carbocycles. The van der Waals surface area contributed by atoms with E-state index in [1.807, 2.05) is 0 Å². The van der Waals surface area contributed by atoms with Crippen LogP contribution in [0, 0.1) is 11.3 Å². The van der Waals surface area contributed by atoms with Gasteiger partial charge in [0.1, 0.15) is 5.60 Å². The van der Waals surface area contributed by atoms with Gasteiger partial charge in [-0.1, -0.05) is 13.8 Å². The van der Waals surface area contributed by atoms with Crippen molar-refractivity contribution in [2.75, 3.05) is 6.54 Å². The van der Waals surface area contributed by atoms with Crippen molar-refractivity contribution < 1.29 is 32.6 Å². The molecular formula is C15H26F3NO4. The fraction of sp³-hybridized carbons (Fsp3) is 0.867. The van der Waals surface area contributed by atoms with Gasteiger partial charge in [0.25, 0.3) is 0 Å². The Hall–Kier alpha value is -1.47. The zero-order chi connectivity index (χ0) is 18.5. The summed E-state index contributed by atoms with van der Waals surface area (Å²) in [6.45, 7) is 7.93. The second kappa shape index (κ2) is 7.88. The van der Waals surface area contributed by atoms with Crippen molar-refractivity contribution in [3.05, 3.63) is 0 Å². The summed E-state index contributed by atoms with van der Waals surface area (Å²) < 4.78 is 42.5. The fourth-order valence-electron chi connectivity index (χ4n) is 2.25. The van der Waals surface area contributed by atoms with E-state index < -0.39 is 48.6 Å². The maximum Gasteiger partial charge on any atom is 0.407 e. The molecule has 0 spiro atoms. The molecule has 0 aliphatic carbocycles. The highest BCUT2D eigenvalue weighted by Crippen LogP contribution is 2.36. The van der Waals surface area contributed by atoms with Crippen molar-refractivity contribution in [1.29, 1.82) is 0 Å². The van der Waals surface area contributed by atoms with Gasteiger partial charge in [0, 0.05) is 13.0 Å². The molecule has 5 nitrogen and oxygen atoms in total. The Morgan fingerprint density at radius 2 is 1.65 bits per heavy atom. The first-order valence-electron chi connectivity index (χ1n) is 7.44. The molecule has 0 radical (unpaired) electrons. The molecule has 0 rings (SSSR count).